The molecule has 3 aromatic rings. The molecule has 15 heteroatoms. The van der Waals surface area contributed by atoms with E-state index in [2.05, 4.69) is 37.2 Å². The zero-order chi connectivity index (χ0) is 35.4. The van der Waals surface area contributed by atoms with Gasteiger partial charge in [0.25, 0.3) is 5.91 Å². The van der Waals surface area contributed by atoms with Crippen molar-refractivity contribution in [2.45, 2.75) is 100 Å². The number of H-pyrrole nitrogens is 1. The molecule has 8 rings (SSSR count). The Morgan fingerprint density at radius 2 is 1.90 bits per heavy atom. The van der Waals surface area contributed by atoms with Crippen molar-refractivity contribution < 1.29 is 24.2 Å². The number of piperidine rings is 1. The predicted octanol–water partition coefficient (Wildman–Crippen LogP) is 4.75. The van der Waals surface area contributed by atoms with Crippen LogP contribution < -0.4 is 15.0 Å². The zero-order valence-corrected chi connectivity index (χ0v) is 30.1. The fourth-order valence-electron chi connectivity index (χ4n) is 9.16. The number of aromatic amines is 1. The van der Waals surface area contributed by atoms with Gasteiger partial charge in [-0.25, -0.2) is 14.8 Å². The van der Waals surface area contributed by atoms with Gasteiger partial charge < -0.3 is 29.7 Å². The van der Waals surface area contributed by atoms with E-state index in [9.17, 15) is 14.7 Å². The minimum Gasteiger partial charge on any atom is -0.508 e. The molecule has 2 aromatic heterocycles. The van der Waals surface area contributed by atoms with Crippen LogP contribution in [0.4, 0.5) is 10.6 Å². The maximum atomic E-state index is 12.8. The Labute approximate surface area is 302 Å². The van der Waals surface area contributed by atoms with Gasteiger partial charge in [-0.05, 0) is 93.9 Å². The van der Waals surface area contributed by atoms with E-state index in [4.69, 9.17) is 31.0 Å². The molecule has 6 atom stereocenters. The van der Waals surface area contributed by atoms with Crippen LogP contribution in [0.2, 0.25) is 5.02 Å². The number of fused-ring (bicyclic) bond motifs is 3. The molecule has 51 heavy (non-hydrogen) atoms. The second kappa shape index (κ2) is 13.4. The van der Waals surface area contributed by atoms with E-state index in [0.29, 0.717) is 35.9 Å². The highest BCUT2D eigenvalue weighted by Crippen LogP contribution is 2.53. The number of ether oxygens (including phenoxy) is 2. The molecule has 5 fully saturated rings. The lowest BCUT2D eigenvalue weighted by Gasteiger charge is -2.40. The Bertz CT molecular complexity index is 1780. The van der Waals surface area contributed by atoms with Gasteiger partial charge in [-0.2, -0.15) is 10.1 Å². The molecule has 0 spiro atoms. The summed E-state index contributed by atoms with van der Waals surface area (Å²) < 4.78 is 12.3. The number of aromatic hydroxyl groups is 1. The third-order valence-corrected chi connectivity index (χ3v) is 12.1. The molecule has 14 nitrogen and oxygen atoms in total. The lowest BCUT2D eigenvalue weighted by molar-refractivity contribution is 0.0494. The van der Waals surface area contributed by atoms with E-state index in [0.717, 1.165) is 81.3 Å². The quantitative estimate of drug-likeness (QED) is 0.265. The molecule has 2 bridgehead atoms. The van der Waals surface area contributed by atoms with Gasteiger partial charge in [0.05, 0.1) is 5.54 Å². The Kier molecular flexibility index (Phi) is 8.94. The molecular formula is C36H46ClN9O5. The Balaban J connectivity index is 1.08. The number of hydrogen-bond donors (Lipinski definition) is 3. The number of carbonyl (C=O) groups is 2. The maximum Gasteiger partial charge on any atom is 0.409 e. The van der Waals surface area contributed by atoms with Crippen LogP contribution in [-0.4, -0.2) is 116 Å². The molecule has 4 aliphatic heterocycles. The van der Waals surface area contributed by atoms with Crippen molar-refractivity contribution in [1.82, 2.24) is 40.3 Å². The van der Waals surface area contributed by atoms with Crippen LogP contribution in [0.1, 0.15) is 86.8 Å². The third-order valence-electron chi connectivity index (χ3n) is 11.8. The first-order chi connectivity index (χ1) is 24.6. The molecule has 6 heterocycles. The van der Waals surface area contributed by atoms with E-state index in [-0.39, 0.29) is 59.2 Å². The number of nitrogens with zero attached hydrogens (tertiary/aromatic N) is 7. The summed E-state index contributed by atoms with van der Waals surface area (Å²) in [6.45, 7) is 3.95. The number of anilines is 1. The molecule has 0 radical (unpaired) electrons. The normalized spacial score (nSPS) is 29.5. The summed E-state index contributed by atoms with van der Waals surface area (Å²) in [6, 6.07) is 5.76. The van der Waals surface area contributed by atoms with Crippen molar-refractivity contribution in [3.05, 3.63) is 40.9 Å². The van der Waals surface area contributed by atoms with E-state index in [1.165, 1.54) is 11.2 Å². The summed E-state index contributed by atoms with van der Waals surface area (Å²) in [6.07, 6.45) is 9.46. The first kappa shape index (κ1) is 33.9. The molecule has 3 N–H and O–H groups in total. The Morgan fingerprint density at radius 1 is 1.12 bits per heavy atom. The highest BCUT2D eigenvalue weighted by Gasteiger charge is 2.50. The van der Waals surface area contributed by atoms with Gasteiger partial charge in [-0.15, -0.1) is 0 Å². The SMILES string of the molecule is C[C@@H]1CC1c1c(Cl)cc(O)cc1-c1nc(OC[C@]23CCCN2[C@@H](COC(=O)N(C)C)CC3)cc(N2C3CCC2CC(NC(=O)c2ncn[nH]2)C3)n1. The highest BCUT2D eigenvalue weighted by molar-refractivity contribution is 6.32. The number of hydrogen-bond acceptors (Lipinski definition) is 11. The number of rotatable bonds is 10. The molecule has 3 unspecified atom stereocenters. The average Bonchev–Trinajstić information content (AvgIpc) is 3.55. The second-order valence-corrected chi connectivity index (χ2v) is 15.7. The summed E-state index contributed by atoms with van der Waals surface area (Å²) in [5.74, 6) is 2.51. The molecule has 272 valence electrons. The Morgan fingerprint density at radius 3 is 2.61 bits per heavy atom. The monoisotopic (exact) mass is 719 g/mol. The fraction of sp³-hybridized carbons (Fsp3) is 0.611. The van der Waals surface area contributed by atoms with Crippen molar-refractivity contribution in [1.29, 1.82) is 0 Å². The molecule has 2 amide bonds. The number of nitrogens with one attached hydrogen (secondary N) is 2. The van der Waals surface area contributed by atoms with Crippen LogP contribution in [-0.2, 0) is 4.74 Å². The fourth-order valence-corrected chi connectivity index (χ4v) is 9.51. The lowest BCUT2D eigenvalue weighted by atomic mass is 9.95. The molecule has 4 saturated heterocycles. The van der Waals surface area contributed by atoms with Gasteiger partial charge in [0.15, 0.2) is 5.82 Å². The average molecular weight is 720 g/mol. The minimum absolute atomic E-state index is 0.000901. The van der Waals surface area contributed by atoms with E-state index in [1.54, 1.807) is 26.2 Å². The van der Waals surface area contributed by atoms with Crippen LogP contribution in [0.15, 0.2) is 24.5 Å². The van der Waals surface area contributed by atoms with Gasteiger partial charge in [0.1, 0.15) is 31.1 Å². The zero-order valence-electron chi connectivity index (χ0n) is 29.3. The van der Waals surface area contributed by atoms with Crippen molar-refractivity contribution in [3.63, 3.8) is 0 Å². The molecular weight excluding hydrogens is 674 g/mol. The van der Waals surface area contributed by atoms with Gasteiger partial charge in [-0.3, -0.25) is 14.8 Å². The van der Waals surface area contributed by atoms with Crippen LogP contribution in [0, 0.1) is 5.92 Å². The van der Waals surface area contributed by atoms with Crippen molar-refractivity contribution in [2.24, 2.45) is 5.92 Å². The number of aromatic nitrogens is 5. The predicted molar refractivity (Wildman–Crippen MR) is 189 cm³/mol. The van der Waals surface area contributed by atoms with Crippen LogP contribution in [0.3, 0.4) is 0 Å². The molecule has 1 saturated carbocycles. The summed E-state index contributed by atoms with van der Waals surface area (Å²) in [5.41, 5.74) is 1.53. The smallest absolute Gasteiger partial charge is 0.409 e. The van der Waals surface area contributed by atoms with Gasteiger partial charge in [0.2, 0.25) is 11.7 Å². The number of carbonyl (C=O) groups excluding carboxylic acids is 2. The minimum atomic E-state index is -0.328. The first-order valence-corrected chi connectivity index (χ1v) is 18.6. The Hall–Kier alpha value is -4.17. The molecule has 1 aliphatic carbocycles. The second-order valence-electron chi connectivity index (χ2n) is 15.3. The highest BCUT2D eigenvalue weighted by atomic mass is 35.5. The number of amides is 2. The summed E-state index contributed by atoms with van der Waals surface area (Å²) >= 11 is 6.81. The van der Waals surface area contributed by atoms with E-state index >= 15 is 0 Å². The molecule has 5 aliphatic rings. The van der Waals surface area contributed by atoms with E-state index in [1.807, 2.05) is 6.07 Å². The topological polar surface area (TPSA) is 162 Å². The number of phenolic OH excluding ortho intramolecular Hbond substituents is 1. The maximum absolute atomic E-state index is 12.8. The lowest BCUT2D eigenvalue weighted by Crippen LogP contribution is -2.51. The van der Waals surface area contributed by atoms with Crippen molar-refractivity contribution in [3.8, 4) is 23.0 Å². The van der Waals surface area contributed by atoms with Crippen LogP contribution >= 0.6 is 11.6 Å². The van der Waals surface area contributed by atoms with Gasteiger partial charge in [0, 0.05) is 54.9 Å². The number of benzene rings is 1. The summed E-state index contributed by atoms with van der Waals surface area (Å²) in [5, 5.41) is 20.8. The van der Waals surface area contributed by atoms with Crippen LogP contribution in [0.5, 0.6) is 11.6 Å². The van der Waals surface area contributed by atoms with Crippen LogP contribution in [0.25, 0.3) is 11.4 Å². The standard InChI is InChI=1S/C36H46ClN9O5/c1-20-11-26(20)31-27(14-25(47)15-28(31)37)32-41-29(46-22-5-6-23(46)13-21(12-22)40-34(48)33-38-19-39-43-33)16-30(42-32)51-18-36-8-4-10-45(36)24(7-9-36)17-50-35(49)44(2)3/h14-16,19-24,26,47H,4-13,17-18H2,1-3H3,(H,40,48)(H,38,39,43)/t20-,21?,22?,23?,24-,26?,36-/m1/s1. The summed E-state index contributed by atoms with van der Waals surface area (Å²) in [4.78, 5) is 45.5. The third kappa shape index (κ3) is 6.56. The van der Waals surface area contributed by atoms with Crippen molar-refractivity contribution in [2.75, 3.05) is 38.8 Å². The number of phenols is 1. The summed E-state index contributed by atoms with van der Waals surface area (Å²) in [7, 11) is 3.39. The van der Waals surface area contributed by atoms with Crippen molar-refractivity contribution >= 4 is 29.4 Å². The van der Waals surface area contributed by atoms with Gasteiger partial charge >= 0.3 is 6.09 Å². The van der Waals surface area contributed by atoms with E-state index < -0.39 is 0 Å². The van der Waals surface area contributed by atoms with Gasteiger partial charge in [-0.1, -0.05) is 18.5 Å². The first-order valence-electron chi connectivity index (χ1n) is 18.2. The number of halogens is 1. The molecule has 1 aromatic carbocycles. The largest absolute Gasteiger partial charge is 0.508 e.